The first kappa shape index (κ1) is 15.1. The lowest BCUT2D eigenvalue weighted by Crippen LogP contribution is -2.49. The van der Waals surface area contributed by atoms with E-state index in [2.05, 4.69) is 10.7 Å². The molecular formula is C10H16N4O5. The Bertz CT molecular complexity index is 441. The number of aliphatic hydroxyl groups excluding tert-OH is 3. The predicted molar refractivity (Wildman–Crippen MR) is 68.5 cm³/mol. The summed E-state index contributed by atoms with van der Waals surface area (Å²) in [4.78, 5) is 10.1. The maximum absolute atomic E-state index is 10.8. The third-order valence-electron chi connectivity index (χ3n) is 2.61. The molecule has 0 atom stereocenters. The molecule has 1 aromatic carbocycles. The van der Waals surface area contributed by atoms with E-state index in [0.29, 0.717) is 0 Å². The second kappa shape index (κ2) is 6.29. The maximum Gasteiger partial charge on any atom is 0.273 e. The zero-order chi connectivity index (χ0) is 14.5. The molecule has 0 aliphatic rings. The van der Waals surface area contributed by atoms with Crippen molar-refractivity contribution in [3.8, 4) is 0 Å². The van der Waals surface area contributed by atoms with Gasteiger partial charge in [-0.05, 0) is 6.07 Å². The van der Waals surface area contributed by atoms with Crippen molar-refractivity contribution < 1.29 is 20.2 Å². The zero-order valence-corrected chi connectivity index (χ0v) is 10.0. The highest BCUT2D eigenvalue weighted by molar-refractivity contribution is 5.63. The van der Waals surface area contributed by atoms with Crippen LogP contribution in [0, 0.1) is 10.1 Å². The van der Waals surface area contributed by atoms with Gasteiger partial charge in [0.1, 0.15) is 5.54 Å². The zero-order valence-electron chi connectivity index (χ0n) is 10.0. The number of aliphatic hydroxyl groups is 3. The Kier molecular flexibility index (Phi) is 5.01. The molecule has 0 bridgehead atoms. The number of hydrazine groups is 1. The smallest absolute Gasteiger partial charge is 0.273 e. The molecular weight excluding hydrogens is 256 g/mol. The number of hydrogen-bond acceptors (Lipinski definition) is 8. The lowest BCUT2D eigenvalue weighted by atomic mass is 10.0. The fourth-order valence-corrected chi connectivity index (χ4v) is 1.45. The molecule has 1 rings (SSSR count). The van der Waals surface area contributed by atoms with Gasteiger partial charge in [0.2, 0.25) is 0 Å². The molecule has 0 fully saturated rings. The summed E-state index contributed by atoms with van der Waals surface area (Å²) < 4.78 is 0. The quantitative estimate of drug-likeness (QED) is 0.210. The summed E-state index contributed by atoms with van der Waals surface area (Å²) in [6.45, 7) is -1.64. The predicted octanol–water partition coefficient (Wildman–Crippen LogP) is -0.992. The van der Waals surface area contributed by atoms with Crippen LogP contribution in [0.25, 0.3) is 0 Å². The minimum Gasteiger partial charge on any atom is -0.394 e. The fraction of sp³-hybridized carbons (Fsp3) is 0.400. The van der Waals surface area contributed by atoms with Gasteiger partial charge in [-0.1, -0.05) is 0 Å². The molecule has 0 aliphatic heterocycles. The molecule has 0 amide bonds. The van der Waals surface area contributed by atoms with Crippen LogP contribution in [0.15, 0.2) is 18.2 Å². The Morgan fingerprint density at radius 3 is 2.11 bits per heavy atom. The molecule has 0 heterocycles. The Morgan fingerprint density at radius 1 is 1.16 bits per heavy atom. The van der Waals surface area contributed by atoms with Crippen LogP contribution in [0.5, 0.6) is 0 Å². The number of nitro benzene ring substituents is 1. The van der Waals surface area contributed by atoms with Crippen LogP contribution in [0.3, 0.4) is 0 Å². The molecule has 0 saturated heterocycles. The average Bonchev–Trinajstić information content (AvgIpc) is 2.44. The molecule has 0 unspecified atom stereocenters. The summed E-state index contributed by atoms with van der Waals surface area (Å²) in [5.41, 5.74) is 1.19. The molecule has 0 spiro atoms. The molecule has 9 nitrogen and oxygen atoms in total. The topological polar surface area (TPSA) is 154 Å². The van der Waals surface area contributed by atoms with Gasteiger partial charge in [-0.3, -0.25) is 16.0 Å². The first-order chi connectivity index (χ1) is 9.00. The molecule has 7 N–H and O–H groups in total. The number of hydrogen-bond donors (Lipinski definition) is 6. The summed E-state index contributed by atoms with van der Waals surface area (Å²) >= 11 is 0. The van der Waals surface area contributed by atoms with Crippen LogP contribution >= 0.6 is 0 Å². The molecule has 9 heteroatoms. The molecule has 0 aromatic heterocycles. The average molecular weight is 272 g/mol. The number of anilines is 2. The third-order valence-corrected chi connectivity index (χ3v) is 2.61. The van der Waals surface area contributed by atoms with Gasteiger partial charge >= 0.3 is 0 Å². The third kappa shape index (κ3) is 3.51. The van der Waals surface area contributed by atoms with E-state index in [1.807, 2.05) is 0 Å². The molecule has 0 radical (unpaired) electrons. The Morgan fingerprint density at radius 2 is 1.68 bits per heavy atom. The van der Waals surface area contributed by atoms with E-state index in [1.165, 1.54) is 18.2 Å². The second-order valence-corrected chi connectivity index (χ2v) is 4.05. The summed E-state index contributed by atoms with van der Waals surface area (Å²) in [6.07, 6.45) is 0. The number of nitrogens with one attached hydrogen (secondary N) is 2. The van der Waals surface area contributed by atoms with Gasteiger partial charge in [0.05, 0.1) is 30.4 Å². The summed E-state index contributed by atoms with van der Waals surface area (Å²) in [5.74, 6) is 5.20. The monoisotopic (exact) mass is 272 g/mol. The number of nitrogens with two attached hydrogens (primary N) is 1. The number of nitro groups is 1. The SMILES string of the molecule is NNc1cc(NC(CO)(CO)CO)cc([N+](=O)[O-])c1. The van der Waals surface area contributed by atoms with Crippen LogP contribution < -0.4 is 16.6 Å². The Hall–Kier alpha value is -1.94. The van der Waals surface area contributed by atoms with E-state index in [9.17, 15) is 25.4 Å². The van der Waals surface area contributed by atoms with Gasteiger partial charge in [0.15, 0.2) is 0 Å². The number of non-ortho nitro benzene ring substituents is 1. The Balaban J connectivity index is 3.12. The lowest BCUT2D eigenvalue weighted by Gasteiger charge is -2.29. The second-order valence-electron chi connectivity index (χ2n) is 4.05. The molecule has 106 valence electrons. The number of rotatable bonds is 7. The van der Waals surface area contributed by atoms with Crippen LogP contribution in [0.2, 0.25) is 0 Å². The van der Waals surface area contributed by atoms with Crippen LogP contribution in [0.1, 0.15) is 0 Å². The normalized spacial score (nSPS) is 11.2. The molecule has 0 saturated carbocycles. The highest BCUT2D eigenvalue weighted by Gasteiger charge is 2.28. The summed E-state index contributed by atoms with van der Waals surface area (Å²) in [5, 5.41) is 41.0. The van der Waals surface area contributed by atoms with Crippen molar-refractivity contribution in [2.45, 2.75) is 5.54 Å². The first-order valence-electron chi connectivity index (χ1n) is 5.37. The van der Waals surface area contributed by atoms with Gasteiger partial charge < -0.3 is 26.1 Å². The maximum atomic E-state index is 10.8. The van der Waals surface area contributed by atoms with Gasteiger partial charge in [0, 0.05) is 17.8 Å². The highest BCUT2D eigenvalue weighted by Crippen LogP contribution is 2.26. The van der Waals surface area contributed by atoms with Crippen LogP contribution in [-0.4, -0.2) is 45.6 Å². The van der Waals surface area contributed by atoms with E-state index >= 15 is 0 Å². The van der Waals surface area contributed by atoms with Crippen molar-refractivity contribution >= 4 is 17.1 Å². The van der Waals surface area contributed by atoms with Crippen molar-refractivity contribution in [2.75, 3.05) is 30.6 Å². The number of benzene rings is 1. The lowest BCUT2D eigenvalue weighted by molar-refractivity contribution is -0.384. The van der Waals surface area contributed by atoms with Crippen molar-refractivity contribution in [1.82, 2.24) is 0 Å². The number of nitrogens with zero attached hydrogens (tertiary/aromatic N) is 1. The highest BCUT2D eigenvalue weighted by atomic mass is 16.6. The summed E-state index contributed by atoms with van der Waals surface area (Å²) in [6, 6.07) is 3.88. The van der Waals surface area contributed by atoms with E-state index in [0.717, 1.165) is 0 Å². The molecule has 0 aliphatic carbocycles. The van der Waals surface area contributed by atoms with Crippen molar-refractivity contribution in [1.29, 1.82) is 0 Å². The van der Waals surface area contributed by atoms with Crippen molar-refractivity contribution in [2.24, 2.45) is 5.84 Å². The van der Waals surface area contributed by atoms with Gasteiger partial charge in [-0.15, -0.1) is 0 Å². The fourth-order valence-electron chi connectivity index (χ4n) is 1.45. The standard InChI is InChI=1S/C10H16N4O5/c11-13-8-1-7(2-9(3-8)14(18)19)12-10(4-15,5-16)6-17/h1-3,12-13,15-17H,4-6,11H2. The van der Waals surface area contributed by atoms with E-state index in [1.54, 1.807) is 0 Å². The van der Waals surface area contributed by atoms with Crippen LogP contribution in [0.4, 0.5) is 17.1 Å². The van der Waals surface area contributed by atoms with E-state index in [-0.39, 0.29) is 17.1 Å². The van der Waals surface area contributed by atoms with E-state index < -0.39 is 30.3 Å². The first-order valence-corrected chi connectivity index (χ1v) is 5.37. The summed E-state index contributed by atoms with van der Waals surface area (Å²) in [7, 11) is 0. The minimum atomic E-state index is -1.37. The number of nitrogen functional groups attached to an aromatic ring is 1. The molecule has 19 heavy (non-hydrogen) atoms. The van der Waals surface area contributed by atoms with Gasteiger partial charge in [-0.2, -0.15) is 0 Å². The van der Waals surface area contributed by atoms with Gasteiger partial charge in [0.25, 0.3) is 5.69 Å². The Labute approximate surface area is 108 Å². The van der Waals surface area contributed by atoms with Gasteiger partial charge in [-0.25, -0.2) is 0 Å². The van der Waals surface area contributed by atoms with Crippen molar-refractivity contribution in [3.63, 3.8) is 0 Å². The van der Waals surface area contributed by atoms with Crippen LogP contribution in [-0.2, 0) is 0 Å². The minimum absolute atomic E-state index is 0.222. The van der Waals surface area contributed by atoms with Crippen molar-refractivity contribution in [3.05, 3.63) is 28.3 Å². The van der Waals surface area contributed by atoms with E-state index in [4.69, 9.17) is 5.84 Å². The molecule has 1 aromatic rings. The largest absolute Gasteiger partial charge is 0.394 e.